The Morgan fingerprint density at radius 1 is 1.39 bits per heavy atom. The number of hydrogen-bond acceptors (Lipinski definition) is 3. The number of hydrogen-bond donors (Lipinski definition) is 2. The first-order chi connectivity index (χ1) is 8.51. The molecule has 2 N–H and O–H groups in total. The van der Waals surface area contributed by atoms with Crippen molar-refractivity contribution in [2.75, 3.05) is 4.72 Å². The largest absolute Gasteiger partial charge is 0.280 e. The van der Waals surface area contributed by atoms with Gasteiger partial charge in [-0.3, -0.25) is 9.82 Å². The van der Waals surface area contributed by atoms with E-state index >= 15 is 0 Å². The van der Waals surface area contributed by atoms with Crippen LogP contribution in [0.25, 0.3) is 0 Å². The molecule has 0 radical (unpaired) electrons. The number of nitrogens with one attached hydrogen (secondary N) is 2. The number of aryl methyl sites for hydroxylation is 1. The molecule has 0 fully saturated rings. The zero-order valence-corrected chi connectivity index (χ0v) is 10.5. The van der Waals surface area contributed by atoms with Gasteiger partial charge in [0.25, 0.3) is 10.0 Å². The minimum absolute atomic E-state index is 0.136. The number of sulfonamides is 1. The lowest BCUT2D eigenvalue weighted by Crippen LogP contribution is -2.13. The fourth-order valence-electron chi connectivity index (χ4n) is 1.43. The van der Waals surface area contributed by atoms with Crippen molar-refractivity contribution in [3.8, 4) is 0 Å². The van der Waals surface area contributed by atoms with Crippen LogP contribution in [0, 0.1) is 5.82 Å². The van der Waals surface area contributed by atoms with Gasteiger partial charge in [0.15, 0.2) is 5.82 Å². The Morgan fingerprint density at radius 3 is 2.78 bits per heavy atom. The number of aromatic amines is 1. The van der Waals surface area contributed by atoms with Crippen LogP contribution in [0.1, 0.15) is 12.6 Å². The summed E-state index contributed by atoms with van der Waals surface area (Å²) in [6, 6.07) is 6.39. The monoisotopic (exact) mass is 269 g/mol. The van der Waals surface area contributed by atoms with Crippen LogP contribution >= 0.6 is 0 Å². The molecule has 7 heteroatoms. The van der Waals surface area contributed by atoms with Crippen molar-refractivity contribution in [3.63, 3.8) is 0 Å². The normalized spacial score (nSPS) is 11.4. The van der Waals surface area contributed by atoms with Crippen molar-refractivity contribution in [2.45, 2.75) is 18.2 Å². The first-order valence-corrected chi connectivity index (χ1v) is 6.82. The maximum Gasteiger partial charge on any atom is 0.263 e. The van der Waals surface area contributed by atoms with E-state index < -0.39 is 15.8 Å². The summed E-state index contributed by atoms with van der Waals surface area (Å²) in [6.07, 6.45) is 0.717. The van der Waals surface area contributed by atoms with Gasteiger partial charge in [0.1, 0.15) is 5.82 Å². The van der Waals surface area contributed by atoms with Crippen LogP contribution in [0.5, 0.6) is 0 Å². The lowest BCUT2D eigenvalue weighted by Gasteiger charge is -2.04. The van der Waals surface area contributed by atoms with Crippen LogP contribution < -0.4 is 4.72 Å². The van der Waals surface area contributed by atoms with E-state index in [9.17, 15) is 12.8 Å². The average molecular weight is 269 g/mol. The Hall–Kier alpha value is -1.89. The number of nitrogens with zero attached hydrogens (tertiary/aromatic N) is 1. The molecular weight excluding hydrogens is 257 g/mol. The van der Waals surface area contributed by atoms with Crippen LogP contribution in [-0.2, 0) is 16.4 Å². The molecule has 5 nitrogen and oxygen atoms in total. The summed E-state index contributed by atoms with van der Waals surface area (Å²) in [5.74, 6) is -0.412. The molecule has 2 rings (SSSR count). The molecule has 0 saturated heterocycles. The second-order valence-corrected chi connectivity index (χ2v) is 5.38. The van der Waals surface area contributed by atoms with Gasteiger partial charge in [-0.05, 0) is 24.6 Å². The predicted octanol–water partition coefficient (Wildman–Crippen LogP) is 1.91. The van der Waals surface area contributed by atoms with E-state index in [2.05, 4.69) is 14.9 Å². The molecule has 0 amide bonds. The summed E-state index contributed by atoms with van der Waals surface area (Å²) >= 11 is 0. The number of rotatable bonds is 4. The van der Waals surface area contributed by atoms with Crippen LogP contribution in [0.15, 0.2) is 35.2 Å². The summed E-state index contributed by atoms with van der Waals surface area (Å²) in [5.41, 5.74) is 0.812. The highest BCUT2D eigenvalue weighted by Gasteiger charge is 2.16. The van der Waals surface area contributed by atoms with Crippen molar-refractivity contribution < 1.29 is 12.8 Å². The van der Waals surface area contributed by atoms with Crippen molar-refractivity contribution in [1.29, 1.82) is 0 Å². The van der Waals surface area contributed by atoms with Crippen molar-refractivity contribution in [2.24, 2.45) is 0 Å². The molecule has 0 saturated carbocycles. The van der Waals surface area contributed by atoms with Crippen LogP contribution in [0.3, 0.4) is 0 Å². The molecule has 0 aliphatic carbocycles. The summed E-state index contributed by atoms with van der Waals surface area (Å²) in [5, 5.41) is 6.50. The SMILES string of the molecule is CCc1cc(NS(=O)(=O)c2cccc(F)c2)n[nH]1. The molecule has 0 unspecified atom stereocenters. The maximum atomic E-state index is 13.0. The standard InChI is InChI=1S/C11H12FN3O2S/c1-2-9-7-11(14-13-9)15-18(16,17)10-5-3-4-8(12)6-10/h3-7H,2H2,1H3,(H2,13,14,15). The minimum Gasteiger partial charge on any atom is -0.280 e. The highest BCUT2D eigenvalue weighted by atomic mass is 32.2. The Labute approximate surface area is 104 Å². The van der Waals surface area contributed by atoms with Crippen molar-refractivity contribution in [3.05, 3.63) is 41.8 Å². The van der Waals surface area contributed by atoms with E-state index in [1.165, 1.54) is 18.2 Å². The third kappa shape index (κ3) is 2.67. The Kier molecular flexibility index (Phi) is 3.33. The van der Waals surface area contributed by atoms with Crippen molar-refractivity contribution >= 4 is 15.8 Å². The number of anilines is 1. The molecule has 0 atom stereocenters. The Morgan fingerprint density at radius 2 is 2.17 bits per heavy atom. The first-order valence-electron chi connectivity index (χ1n) is 5.34. The molecule has 18 heavy (non-hydrogen) atoms. The van der Waals surface area contributed by atoms with E-state index in [4.69, 9.17) is 0 Å². The zero-order chi connectivity index (χ0) is 13.2. The van der Waals surface area contributed by atoms with Crippen molar-refractivity contribution in [1.82, 2.24) is 10.2 Å². The number of H-pyrrole nitrogens is 1. The van der Waals surface area contributed by atoms with Gasteiger partial charge < -0.3 is 0 Å². The molecule has 1 aromatic carbocycles. The lowest BCUT2D eigenvalue weighted by atomic mass is 10.3. The fraction of sp³-hybridized carbons (Fsp3) is 0.182. The van der Waals surface area contributed by atoms with Gasteiger partial charge in [0, 0.05) is 11.8 Å². The van der Waals surface area contributed by atoms with Gasteiger partial charge in [-0.15, -0.1) is 0 Å². The fourth-order valence-corrected chi connectivity index (χ4v) is 2.45. The molecule has 0 aliphatic heterocycles. The zero-order valence-electron chi connectivity index (χ0n) is 9.64. The van der Waals surface area contributed by atoms with Gasteiger partial charge in [0.05, 0.1) is 4.90 Å². The number of benzene rings is 1. The summed E-state index contributed by atoms with van der Waals surface area (Å²) in [4.78, 5) is -0.136. The summed E-state index contributed by atoms with van der Waals surface area (Å²) in [6.45, 7) is 1.92. The quantitative estimate of drug-likeness (QED) is 0.890. The highest BCUT2D eigenvalue weighted by Crippen LogP contribution is 2.15. The van der Waals surface area contributed by atoms with Gasteiger partial charge in [-0.1, -0.05) is 13.0 Å². The number of aromatic nitrogens is 2. The van der Waals surface area contributed by atoms with Gasteiger partial charge >= 0.3 is 0 Å². The topological polar surface area (TPSA) is 74.8 Å². The second kappa shape index (κ2) is 4.77. The maximum absolute atomic E-state index is 13.0. The Balaban J connectivity index is 2.27. The second-order valence-electron chi connectivity index (χ2n) is 3.69. The van der Waals surface area contributed by atoms with Crippen LogP contribution in [-0.4, -0.2) is 18.6 Å². The highest BCUT2D eigenvalue weighted by molar-refractivity contribution is 7.92. The van der Waals surface area contributed by atoms with Gasteiger partial charge in [0.2, 0.25) is 0 Å². The summed E-state index contributed by atoms with van der Waals surface area (Å²) < 4.78 is 39.1. The molecule has 0 bridgehead atoms. The molecular formula is C11H12FN3O2S. The number of halogens is 1. The third-order valence-corrected chi connectivity index (χ3v) is 3.71. The molecule has 2 aromatic rings. The van der Waals surface area contributed by atoms with E-state index in [0.29, 0.717) is 6.42 Å². The minimum atomic E-state index is -3.80. The van der Waals surface area contributed by atoms with Gasteiger partial charge in [-0.25, -0.2) is 12.8 Å². The molecule has 96 valence electrons. The third-order valence-electron chi connectivity index (χ3n) is 2.36. The van der Waals surface area contributed by atoms with E-state index in [0.717, 1.165) is 11.8 Å². The van der Waals surface area contributed by atoms with Crippen LogP contribution in [0.4, 0.5) is 10.2 Å². The summed E-state index contributed by atoms with van der Waals surface area (Å²) in [7, 11) is -3.80. The van der Waals surface area contributed by atoms with E-state index in [1.54, 1.807) is 6.07 Å². The molecule has 0 spiro atoms. The van der Waals surface area contributed by atoms with E-state index in [-0.39, 0.29) is 10.7 Å². The smallest absolute Gasteiger partial charge is 0.263 e. The first kappa shape index (κ1) is 12.6. The predicted molar refractivity (Wildman–Crippen MR) is 65.2 cm³/mol. The molecule has 1 aromatic heterocycles. The van der Waals surface area contributed by atoms with Gasteiger partial charge in [-0.2, -0.15) is 5.10 Å². The molecule has 1 heterocycles. The van der Waals surface area contributed by atoms with Crippen LogP contribution in [0.2, 0.25) is 0 Å². The van der Waals surface area contributed by atoms with E-state index in [1.807, 2.05) is 6.92 Å². The lowest BCUT2D eigenvalue weighted by molar-refractivity contribution is 0.595. The Bertz CT molecular complexity index is 652. The molecule has 0 aliphatic rings. The average Bonchev–Trinajstić information content (AvgIpc) is 2.76.